The molecule has 5 heteroatoms. The first-order chi connectivity index (χ1) is 9.10. The summed E-state index contributed by atoms with van der Waals surface area (Å²) in [4.78, 5) is 11.2. The Hall–Kier alpha value is -1.20. The van der Waals surface area contributed by atoms with Crippen LogP contribution in [0.4, 0.5) is 0 Å². The minimum absolute atomic E-state index is 0.173. The summed E-state index contributed by atoms with van der Waals surface area (Å²) in [7, 11) is 1.35. The Morgan fingerprint density at radius 1 is 1.63 bits per heavy atom. The van der Waals surface area contributed by atoms with E-state index in [2.05, 4.69) is 23.8 Å². The summed E-state index contributed by atoms with van der Waals surface area (Å²) < 4.78 is 10.4. The molecule has 0 aliphatic carbocycles. The number of ether oxygens (including phenoxy) is 2. The molecule has 19 heavy (non-hydrogen) atoms. The van der Waals surface area contributed by atoms with Gasteiger partial charge in [-0.25, -0.2) is 0 Å². The number of methoxy groups -OCH3 is 1. The van der Waals surface area contributed by atoms with Gasteiger partial charge in [0.2, 0.25) is 0 Å². The number of hydrogen-bond donors (Lipinski definition) is 1. The molecule has 0 amide bonds. The highest BCUT2D eigenvalue weighted by atomic mass is 32.2. The predicted octanol–water partition coefficient (Wildman–Crippen LogP) is 1.53. The van der Waals surface area contributed by atoms with E-state index in [4.69, 9.17) is 10.5 Å². The first kappa shape index (κ1) is 14.2. The summed E-state index contributed by atoms with van der Waals surface area (Å²) in [5, 5.41) is 0. The van der Waals surface area contributed by atoms with Crippen LogP contribution in [0.5, 0.6) is 5.75 Å². The van der Waals surface area contributed by atoms with Crippen LogP contribution in [0.15, 0.2) is 18.2 Å². The molecule has 1 heterocycles. The van der Waals surface area contributed by atoms with Gasteiger partial charge < -0.3 is 15.2 Å². The van der Waals surface area contributed by atoms with Gasteiger partial charge in [0.25, 0.3) is 0 Å². The number of hydrogen-bond acceptors (Lipinski definition) is 5. The fourth-order valence-corrected chi connectivity index (χ4v) is 3.06. The topological polar surface area (TPSA) is 61.5 Å². The van der Waals surface area contributed by atoms with Crippen LogP contribution in [0.25, 0.3) is 0 Å². The number of nitrogens with two attached hydrogens (primary N) is 1. The number of thioether (sulfide) groups is 1. The van der Waals surface area contributed by atoms with Gasteiger partial charge >= 0.3 is 5.97 Å². The summed E-state index contributed by atoms with van der Waals surface area (Å²) in [5.74, 6) is 2.01. The van der Waals surface area contributed by atoms with Crippen molar-refractivity contribution >= 4 is 17.7 Å². The van der Waals surface area contributed by atoms with E-state index in [9.17, 15) is 4.79 Å². The fraction of sp³-hybridized carbons (Fsp3) is 0.500. The van der Waals surface area contributed by atoms with Crippen LogP contribution >= 0.6 is 11.8 Å². The molecular weight excluding hydrogens is 262 g/mol. The molecule has 0 spiro atoms. The summed E-state index contributed by atoms with van der Waals surface area (Å²) in [6.07, 6.45) is 1.10. The van der Waals surface area contributed by atoms with Crippen molar-refractivity contribution in [2.45, 2.75) is 25.5 Å². The third kappa shape index (κ3) is 3.64. The van der Waals surface area contributed by atoms with E-state index < -0.39 is 6.04 Å². The number of carbonyl (C=O) groups excluding carboxylic acids is 1. The van der Waals surface area contributed by atoms with E-state index in [1.54, 1.807) is 11.8 Å². The summed E-state index contributed by atoms with van der Waals surface area (Å²) in [6.45, 7) is 2.08. The number of fused-ring (bicyclic) bond motifs is 1. The average Bonchev–Trinajstić information content (AvgIpc) is 2.79. The molecule has 2 rings (SSSR count). The van der Waals surface area contributed by atoms with Crippen molar-refractivity contribution in [3.63, 3.8) is 0 Å². The molecule has 0 radical (unpaired) electrons. The quantitative estimate of drug-likeness (QED) is 0.829. The van der Waals surface area contributed by atoms with Crippen LogP contribution in [0.2, 0.25) is 0 Å². The first-order valence-electron chi connectivity index (χ1n) is 6.27. The number of esters is 1. The Labute approximate surface area is 117 Å². The van der Waals surface area contributed by atoms with Gasteiger partial charge in [-0.15, -0.1) is 0 Å². The zero-order valence-corrected chi connectivity index (χ0v) is 12.0. The number of benzene rings is 1. The highest BCUT2D eigenvalue weighted by Gasteiger charge is 2.23. The van der Waals surface area contributed by atoms with Crippen LogP contribution in [0.3, 0.4) is 0 Å². The predicted molar refractivity (Wildman–Crippen MR) is 76.6 cm³/mol. The minimum atomic E-state index is -0.555. The average molecular weight is 281 g/mol. The Balaban J connectivity index is 1.77. The Morgan fingerprint density at radius 2 is 2.42 bits per heavy atom. The van der Waals surface area contributed by atoms with Crippen molar-refractivity contribution in [1.82, 2.24) is 0 Å². The lowest BCUT2D eigenvalue weighted by atomic mass is 10.1. The van der Waals surface area contributed by atoms with Crippen molar-refractivity contribution < 1.29 is 14.3 Å². The lowest BCUT2D eigenvalue weighted by Gasteiger charge is -2.12. The summed E-state index contributed by atoms with van der Waals surface area (Å²) in [5.41, 5.74) is 8.20. The molecule has 4 nitrogen and oxygen atoms in total. The largest absolute Gasteiger partial charge is 0.489 e. The van der Waals surface area contributed by atoms with Crippen LogP contribution in [-0.4, -0.2) is 36.7 Å². The zero-order valence-electron chi connectivity index (χ0n) is 11.2. The molecule has 0 saturated carbocycles. The third-order valence-corrected chi connectivity index (χ3v) is 4.26. The molecule has 0 fully saturated rings. The van der Waals surface area contributed by atoms with Crippen LogP contribution in [0, 0.1) is 6.92 Å². The maximum absolute atomic E-state index is 11.2. The lowest BCUT2D eigenvalue weighted by Crippen LogP contribution is -2.34. The van der Waals surface area contributed by atoms with Crippen molar-refractivity contribution in [2.24, 2.45) is 5.73 Å². The SMILES string of the molecule is COC(=O)C(N)CSCC1Cc2cc(C)ccc2O1. The maximum Gasteiger partial charge on any atom is 0.323 e. The summed E-state index contributed by atoms with van der Waals surface area (Å²) >= 11 is 1.63. The van der Waals surface area contributed by atoms with Gasteiger partial charge in [0.15, 0.2) is 0 Å². The second kappa shape index (κ2) is 6.30. The van der Waals surface area contributed by atoms with Gasteiger partial charge in [0.05, 0.1) is 7.11 Å². The molecule has 0 aromatic heterocycles. The van der Waals surface area contributed by atoms with Crippen molar-refractivity contribution in [1.29, 1.82) is 0 Å². The van der Waals surface area contributed by atoms with E-state index in [-0.39, 0.29) is 12.1 Å². The molecule has 1 aliphatic rings. The van der Waals surface area contributed by atoms with Gasteiger partial charge in [-0.1, -0.05) is 17.7 Å². The third-order valence-electron chi connectivity index (χ3n) is 3.06. The molecule has 0 saturated heterocycles. The Bertz CT molecular complexity index is 464. The lowest BCUT2D eigenvalue weighted by molar-refractivity contribution is -0.141. The van der Waals surface area contributed by atoms with E-state index in [1.807, 2.05) is 6.07 Å². The second-order valence-electron chi connectivity index (χ2n) is 4.72. The standard InChI is InChI=1S/C14H19NO3S/c1-9-3-4-13-10(5-9)6-11(18-13)7-19-8-12(15)14(16)17-2/h3-5,11-12H,6-8,15H2,1-2H3. The van der Waals surface area contributed by atoms with Gasteiger partial charge in [-0.2, -0.15) is 11.8 Å². The molecule has 1 aliphatic heterocycles. The molecule has 1 aromatic carbocycles. The van der Waals surface area contributed by atoms with Gasteiger partial charge in [0, 0.05) is 17.9 Å². The monoisotopic (exact) mass is 281 g/mol. The second-order valence-corrected chi connectivity index (χ2v) is 5.80. The van der Waals surface area contributed by atoms with Crippen LogP contribution in [-0.2, 0) is 16.0 Å². The van der Waals surface area contributed by atoms with Crippen LogP contribution < -0.4 is 10.5 Å². The van der Waals surface area contributed by atoms with E-state index in [0.717, 1.165) is 17.9 Å². The number of aryl methyl sites for hydroxylation is 1. The Kier molecular flexibility index (Phi) is 4.71. The van der Waals surface area contributed by atoms with Crippen molar-refractivity contribution in [3.05, 3.63) is 29.3 Å². The van der Waals surface area contributed by atoms with E-state index >= 15 is 0 Å². The zero-order chi connectivity index (χ0) is 13.8. The Morgan fingerprint density at radius 3 is 3.16 bits per heavy atom. The number of carbonyl (C=O) groups is 1. The highest BCUT2D eigenvalue weighted by molar-refractivity contribution is 7.99. The molecule has 1 aromatic rings. The van der Waals surface area contributed by atoms with Crippen molar-refractivity contribution in [3.8, 4) is 5.75 Å². The first-order valence-corrected chi connectivity index (χ1v) is 7.43. The smallest absolute Gasteiger partial charge is 0.323 e. The van der Waals surface area contributed by atoms with Crippen molar-refractivity contribution in [2.75, 3.05) is 18.6 Å². The maximum atomic E-state index is 11.2. The molecule has 2 atom stereocenters. The van der Waals surface area contributed by atoms with Gasteiger partial charge in [-0.05, 0) is 18.6 Å². The normalized spacial score (nSPS) is 18.6. The molecule has 2 N–H and O–H groups in total. The van der Waals surface area contributed by atoms with E-state index in [0.29, 0.717) is 5.75 Å². The summed E-state index contributed by atoms with van der Waals surface area (Å²) in [6, 6.07) is 5.69. The molecule has 0 bridgehead atoms. The highest BCUT2D eigenvalue weighted by Crippen LogP contribution is 2.30. The van der Waals surface area contributed by atoms with Crippen LogP contribution in [0.1, 0.15) is 11.1 Å². The van der Waals surface area contributed by atoms with E-state index in [1.165, 1.54) is 18.2 Å². The molecular formula is C14H19NO3S. The fourth-order valence-electron chi connectivity index (χ4n) is 2.09. The van der Waals surface area contributed by atoms with Gasteiger partial charge in [0.1, 0.15) is 17.9 Å². The molecule has 2 unspecified atom stereocenters. The number of rotatable bonds is 5. The van der Waals surface area contributed by atoms with Gasteiger partial charge in [-0.3, -0.25) is 4.79 Å². The minimum Gasteiger partial charge on any atom is -0.489 e. The molecule has 104 valence electrons.